The first kappa shape index (κ1) is 14.7. The molecular weight excluding hydrogens is 257 g/mol. The lowest BCUT2D eigenvalue weighted by atomic mass is 9.80. The number of hydrogen-bond acceptors (Lipinski definition) is 5. The molecule has 0 heterocycles. The quantitative estimate of drug-likeness (QED) is 0.599. The number of carbonyl (C=O) groups is 1. The highest BCUT2D eigenvalue weighted by molar-refractivity contribution is 7.90. The van der Waals surface area contributed by atoms with E-state index in [0.717, 1.165) is 0 Å². The maximum atomic E-state index is 11.6. The second kappa shape index (κ2) is 5.51. The van der Waals surface area contributed by atoms with E-state index in [4.69, 9.17) is 10.0 Å². The molecule has 1 rings (SSSR count). The van der Waals surface area contributed by atoms with Crippen LogP contribution in [0.4, 0.5) is 0 Å². The van der Waals surface area contributed by atoms with Gasteiger partial charge in [-0.05, 0) is 31.4 Å². The van der Waals surface area contributed by atoms with Gasteiger partial charge in [-0.2, -0.15) is 0 Å². The number of rotatable bonds is 4. The summed E-state index contributed by atoms with van der Waals surface area (Å²) in [5.41, 5.74) is 0.349. The van der Waals surface area contributed by atoms with Crippen molar-refractivity contribution in [2.24, 2.45) is 0 Å². The molecule has 0 aromatic heterocycles. The maximum absolute atomic E-state index is 11.6. The predicted octanol–water partition coefficient (Wildman–Crippen LogP) is -1.17. The van der Waals surface area contributed by atoms with Crippen molar-refractivity contribution in [2.75, 3.05) is 0 Å². The van der Waals surface area contributed by atoms with Crippen molar-refractivity contribution in [1.29, 1.82) is 0 Å². The Morgan fingerprint density at radius 2 is 1.72 bits per heavy atom. The lowest BCUT2D eigenvalue weighted by Gasteiger charge is -2.09. The molecule has 0 saturated carbocycles. The van der Waals surface area contributed by atoms with Gasteiger partial charge in [0.2, 0.25) is 10.0 Å². The third kappa shape index (κ3) is 3.56. The standard InChI is InChI=1S/C10H14BNO5S/c1-7(2)18(16,17)12-10(13)8-3-5-9(6-4-8)11(14)15/h3-7,14-15H,1-2H3,(H,12,13). The van der Waals surface area contributed by atoms with Crippen molar-refractivity contribution in [1.82, 2.24) is 4.72 Å². The molecule has 0 saturated heterocycles. The number of benzene rings is 1. The van der Waals surface area contributed by atoms with E-state index >= 15 is 0 Å². The van der Waals surface area contributed by atoms with Crippen molar-refractivity contribution < 1.29 is 23.3 Å². The van der Waals surface area contributed by atoms with E-state index in [2.05, 4.69) is 0 Å². The average Bonchev–Trinajstić information content (AvgIpc) is 2.28. The Morgan fingerprint density at radius 3 is 2.11 bits per heavy atom. The molecule has 0 spiro atoms. The van der Waals surface area contributed by atoms with Crippen LogP contribution in [0.1, 0.15) is 24.2 Å². The highest BCUT2D eigenvalue weighted by Gasteiger charge is 2.20. The van der Waals surface area contributed by atoms with E-state index in [9.17, 15) is 13.2 Å². The zero-order valence-corrected chi connectivity index (χ0v) is 10.8. The lowest BCUT2D eigenvalue weighted by Crippen LogP contribution is -2.36. The Morgan fingerprint density at radius 1 is 1.22 bits per heavy atom. The molecule has 3 N–H and O–H groups in total. The number of carbonyl (C=O) groups excluding carboxylic acids is 1. The summed E-state index contributed by atoms with van der Waals surface area (Å²) in [6, 6.07) is 5.31. The minimum Gasteiger partial charge on any atom is -0.423 e. The average molecular weight is 271 g/mol. The van der Waals surface area contributed by atoms with Crippen LogP contribution in [-0.2, 0) is 10.0 Å². The molecule has 1 aromatic rings. The summed E-state index contributed by atoms with van der Waals surface area (Å²) >= 11 is 0. The lowest BCUT2D eigenvalue weighted by molar-refractivity contribution is 0.0981. The molecule has 0 atom stereocenters. The van der Waals surface area contributed by atoms with Gasteiger partial charge in [-0.3, -0.25) is 4.79 Å². The molecule has 1 aromatic carbocycles. The smallest absolute Gasteiger partial charge is 0.423 e. The van der Waals surface area contributed by atoms with E-state index in [1.54, 1.807) is 0 Å². The van der Waals surface area contributed by atoms with Crippen molar-refractivity contribution in [3.63, 3.8) is 0 Å². The second-order valence-corrected chi connectivity index (χ2v) is 6.26. The molecule has 0 radical (unpaired) electrons. The summed E-state index contributed by atoms with van der Waals surface area (Å²) in [7, 11) is -5.29. The number of nitrogens with one attached hydrogen (secondary N) is 1. The van der Waals surface area contributed by atoms with E-state index in [0.29, 0.717) is 0 Å². The van der Waals surface area contributed by atoms with Gasteiger partial charge in [-0.15, -0.1) is 0 Å². The van der Waals surface area contributed by atoms with Crippen LogP contribution in [0.5, 0.6) is 0 Å². The molecule has 0 aliphatic heterocycles. The zero-order chi connectivity index (χ0) is 13.9. The first-order valence-electron chi connectivity index (χ1n) is 5.26. The first-order chi connectivity index (χ1) is 8.24. The summed E-state index contributed by atoms with van der Waals surface area (Å²) in [6.45, 7) is 2.92. The topological polar surface area (TPSA) is 104 Å². The molecule has 0 aliphatic rings. The summed E-state index contributed by atoms with van der Waals surface area (Å²) < 4.78 is 24.9. The Labute approximate surface area is 106 Å². The molecule has 0 unspecified atom stereocenters. The van der Waals surface area contributed by atoms with Gasteiger partial charge >= 0.3 is 7.12 Å². The van der Waals surface area contributed by atoms with Crippen LogP contribution in [0.3, 0.4) is 0 Å². The SMILES string of the molecule is CC(C)S(=O)(=O)NC(=O)c1ccc(B(O)O)cc1. The fraction of sp³-hybridized carbons (Fsp3) is 0.300. The van der Waals surface area contributed by atoms with Crippen LogP contribution >= 0.6 is 0 Å². The summed E-state index contributed by atoms with van der Waals surface area (Å²) in [5, 5.41) is 17.0. The summed E-state index contributed by atoms with van der Waals surface area (Å²) in [5.74, 6) is -0.748. The van der Waals surface area contributed by atoms with E-state index < -0.39 is 28.3 Å². The van der Waals surface area contributed by atoms with Crippen molar-refractivity contribution in [3.8, 4) is 0 Å². The molecule has 0 fully saturated rings. The van der Waals surface area contributed by atoms with Gasteiger partial charge in [0.1, 0.15) is 0 Å². The molecule has 18 heavy (non-hydrogen) atoms. The van der Waals surface area contributed by atoms with Gasteiger partial charge in [0.05, 0.1) is 5.25 Å². The zero-order valence-electron chi connectivity index (χ0n) is 9.99. The number of sulfonamides is 1. The minimum absolute atomic E-state index is 0.128. The highest BCUT2D eigenvalue weighted by Crippen LogP contribution is 2.01. The van der Waals surface area contributed by atoms with Gasteiger partial charge < -0.3 is 10.0 Å². The van der Waals surface area contributed by atoms with Gasteiger partial charge in [-0.1, -0.05) is 12.1 Å². The number of hydrogen-bond donors (Lipinski definition) is 3. The molecule has 0 aliphatic carbocycles. The van der Waals surface area contributed by atoms with E-state index in [1.807, 2.05) is 4.72 Å². The Hall–Kier alpha value is -1.38. The second-order valence-electron chi connectivity index (χ2n) is 4.02. The van der Waals surface area contributed by atoms with Crippen molar-refractivity contribution in [3.05, 3.63) is 29.8 Å². The summed E-state index contributed by atoms with van der Waals surface area (Å²) in [6.07, 6.45) is 0. The van der Waals surface area contributed by atoms with E-state index in [1.165, 1.54) is 38.1 Å². The van der Waals surface area contributed by atoms with E-state index in [-0.39, 0.29) is 11.0 Å². The third-order valence-corrected chi connectivity index (χ3v) is 4.04. The van der Waals surface area contributed by atoms with Gasteiger partial charge in [-0.25, -0.2) is 13.1 Å². The highest BCUT2D eigenvalue weighted by atomic mass is 32.2. The summed E-state index contributed by atoms with van der Waals surface area (Å²) in [4.78, 5) is 11.6. The van der Waals surface area contributed by atoms with Gasteiger partial charge in [0.15, 0.2) is 0 Å². The largest absolute Gasteiger partial charge is 0.488 e. The van der Waals surface area contributed by atoms with Gasteiger partial charge in [0, 0.05) is 5.56 Å². The fourth-order valence-electron chi connectivity index (χ4n) is 1.11. The molecule has 0 bridgehead atoms. The van der Waals surface area contributed by atoms with Gasteiger partial charge in [0.25, 0.3) is 5.91 Å². The normalized spacial score (nSPS) is 11.4. The minimum atomic E-state index is -3.67. The van der Waals surface area contributed by atoms with Crippen molar-refractivity contribution in [2.45, 2.75) is 19.1 Å². The monoisotopic (exact) mass is 271 g/mol. The van der Waals surface area contributed by atoms with Crippen LogP contribution in [0, 0.1) is 0 Å². The van der Waals surface area contributed by atoms with Crippen LogP contribution in [0.25, 0.3) is 0 Å². The van der Waals surface area contributed by atoms with Crippen molar-refractivity contribution >= 4 is 28.5 Å². The predicted molar refractivity (Wildman–Crippen MR) is 67.8 cm³/mol. The molecular formula is C10H14BNO5S. The first-order valence-corrected chi connectivity index (χ1v) is 6.80. The molecule has 98 valence electrons. The van der Waals surface area contributed by atoms with Crippen LogP contribution < -0.4 is 10.2 Å². The third-order valence-electron chi connectivity index (χ3n) is 2.33. The van der Waals surface area contributed by atoms with Crippen LogP contribution in [0.15, 0.2) is 24.3 Å². The fourth-order valence-corrected chi connectivity index (χ4v) is 1.72. The molecule has 1 amide bonds. The van der Waals surface area contributed by atoms with Crippen LogP contribution in [0.2, 0.25) is 0 Å². The van der Waals surface area contributed by atoms with Crippen LogP contribution in [-0.4, -0.2) is 36.7 Å². The Balaban J connectivity index is 2.86. The number of amides is 1. The molecule has 6 nitrogen and oxygen atoms in total. The Bertz CT molecular complexity index is 524. The Kier molecular flexibility index (Phi) is 4.50. The maximum Gasteiger partial charge on any atom is 0.488 e. The molecule has 8 heteroatoms.